The van der Waals surface area contributed by atoms with Crippen LogP contribution in [0.25, 0.3) is 22.2 Å². The smallest absolute Gasteiger partial charge is 0.256 e. The minimum atomic E-state index is -0.547. The Bertz CT molecular complexity index is 1310. The van der Waals surface area contributed by atoms with Gasteiger partial charge >= 0.3 is 0 Å². The van der Waals surface area contributed by atoms with Crippen molar-refractivity contribution < 1.29 is 18.7 Å². The number of rotatable bonds is 3. The van der Waals surface area contributed by atoms with Crippen LogP contribution in [0.15, 0.2) is 66.7 Å². The maximum atomic E-state index is 13.4. The summed E-state index contributed by atoms with van der Waals surface area (Å²) in [6.45, 7) is 0.178. The van der Waals surface area contributed by atoms with Gasteiger partial charge in [-0.05, 0) is 48.5 Å². The number of nitrogens with one attached hydrogen (secondary N) is 1. The molecule has 0 spiro atoms. The van der Waals surface area contributed by atoms with Crippen molar-refractivity contribution in [3.8, 4) is 22.8 Å². The van der Waals surface area contributed by atoms with Gasteiger partial charge in [-0.15, -0.1) is 0 Å². The molecule has 1 aromatic heterocycles. The summed E-state index contributed by atoms with van der Waals surface area (Å²) in [6.07, 6.45) is 0. The van der Waals surface area contributed by atoms with E-state index in [1.165, 1.54) is 18.2 Å². The van der Waals surface area contributed by atoms with Crippen LogP contribution in [-0.2, 0) is 0 Å². The highest BCUT2D eigenvalue weighted by Crippen LogP contribution is 2.36. The van der Waals surface area contributed by atoms with Gasteiger partial charge in [-0.1, -0.05) is 29.8 Å². The SMILES string of the molecule is O=C(Nc1ccc(F)c(Cl)c1)c1cc(-c2ccc3c(c2)OCO3)nc2ccccc12. The molecule has 4 aromatic rings. The Kier molecular flexibility index (Phi) is 4.48. The minimum Gasteiger partial charge on any atom is -0.454 e. The van der Waals surface area contributed by atoms with Crippen molar-refractivity contribution in [3.63, 3.8) is 0 Å². The Morgan fingerprint density at radius 3 is 2.70 bits per heavy atom. The van der Waals surface area contributed by atoms with Gasteiger partial charge in [-0.25, -0.2) is 9.37 Å². The molecule has 1 aliphatic heterocycles. The third kappa shape index (κ3) is 3.31. The number of anilines is 1. The first kappa shape index (κ1) is 18.4. The normalized spacial score (nSPS) is 12.2. The predicted octanol–water partition coefficient (Wildman–Crippen LogP) is 5.68. The third-order valence-corrected chi connectivity index (χ3v) is 5.10. The molecule has 0 fully saturated rings. The Labute approximate surface area is 176 Å². The molecule has 7 heteroatoms. The van der Waals surface area contributed by atoms with E-state index in [0.29, 0.717) is 39.3 Å². The lowest BCUT2D eigenvalue weighted by Crippen LogP contribution is -2.13. The van der Waals surface area contributed by atoms with Crippen LogP contribution in [0.1, 0.15) is 10.4 Å². The van der Waals surface area contributed by atoms with Crippen LogP contribution in [0.4, 0.5) is 10.1 Å². The van der Waals surface area contributed by atoms with Crippen molar-refractivity contribution in [1.82, 2.24) is 4.98 Å². The first-order chi connectivity index (χ1) is 14.6. The standard InChI is InChI=1S/C23H14ClFN2O3/c24-17-10-14(6-7-18(17)25)26-23(28)16-11-20(27-19-4-2-1-3-15(16)19)13-5-8-21-22(9-13)30-12-29-21/h1-11H,12H2,(H,26,28). The zero-order chi connectivity index (χ0) is 20.7. The average Bonchev–Trinajstić information content (AvgIpc) is 3.23. The van der Waals surface area contributed by atoms with Gasteiger partial charge in [0.1, 0.15) is 5.82 Å². The quantitative estimate of drug-likeness (QED) is 0.463. The number of benzene rings is 3. The summed E-state index contributed by atoms with van der Waals surface area (Å²) in [5.41, 5.74) is 2.93. The van der Waals surface area contributed by atoms with Gasteiger partial charge in [0, 0.05) is 16.6 Å². The van der Waals surface area contributed by atoms with E-state index in [2.05, 4.69) is 5.32 Å². The second-order valence-corrected chi connectivity index (χ2v) is 7.13. The highest BCUT2D eigenvalue weighted by atomic mass is 35.5. The van der Waals surface area contributed by atoms with Gasteiger partial charge in [0.15, 0.2) is 11.5 Å². The number of fused-ring (bicyclic) bond motifs is 2. The summed E-state index contributed by atoms with van der Waals surface area (Å²) >= 11 is 5.83. The Hall–Kier alpha value is -3.64. The van der Waals surface area contributed by atoms with Gasteiger partial charge in [-0.2, -0.15) is 0 Å². The van der Waals surface area contributed by atoms with Gasteiger partial charge in [0.25, 0.3) is 5.91 Å². The summed E-state index contributed by atoms with van der Waals surface area (Å²) in [7, 11) is 0. The van der Waals surface area contributed by atoms with E-state index < -0.39 is 5.82 Å². The predicted molar refractivity (Wildman–Crippen MR) is 113 cm³/mol. The highest BCUT2D eigenvalue weighted by molar-refractivity contribution is 6.31. The van der Waals surface area contributed by atoms with Crippen LogP contribution in [0.2, 0.25) is 5.02 Å². The molecule has 5 rings (SSSR count). The fraction of sp³-hybridized carbons (Fsp3) is 0.0435. The van der Waals surface area contributed by atoms with E-state index >= 15 is 0 Å². The number of aromatic nitrogens is 1. The summed E-state index contributed by atoms with van der Waals surface area (Å²) in [5, 5.41) is 3.42. The molecule has 2 heterocycles. The Morgan fingerprint density at radius 1 is 1.00 bits per heavy atom. The van der Waals surface area contributed by atoms with Gasteiger partial charge in [-0.3, -0.25) is 4.79 Å². The summed E-state index contributed by atoms with van der Waals surface area (Å²) in [5.74, 6) is 0.410. The van der Waals surface area contributed by atoms with Crippen LogP contribution >= 0.6 is 11.6 Å². The molecule has 1 aliphatic rings. The Balaban J connectivity index is 1.58. The van der Waals surface area contributed by atoms with Crippen molar-refractivity contribution in [3.05, 3.63) is 83.1 Å². The molecule has 30 heavy (non-hydrogen) atoms. The molecule has 3 aromatic carbocycles. The number of para-hydroxylation sites is 1. The molecule has 1 amide bonds. The molecule has 0 saturated heterocycles. The zero-order valence-corrected chi connectivity index (χ0v) is 16.2. The number of carbonyl (C=O) groups is 1. The molecule has 1 N–H and O–H groups in total. The molecule has 0 saturated carbocycles. The van der Waals surface area contributed by atoms with Crippen molar-refractivity contribution in [1.29, 1.82) is 0 Å². The number of halogens is 2. The fourth-order valence-corrected chi connectivity index (χ4v) is 3.52. The minimum absolute atomic E-state index is 0.0616. The third-order valence-electron chi connectivity index (χ3n) is 4.81. The monoisotopic (exact) mass is 420 g/mol. The Morgan fingerprint density at radius 2 is 1.83 bits per heavy atom. The van der Waals surface area contributed by atoms with Crippen molar-refractivity contribution in [2.45, 2.75) is 0 Å². The van der Waals surface area contributed by atoms with E-state index in [1.54, 1.807) is 6.07 Å². The fourth-order valence-electron chi connectivity index (χ4n) is 3.34. The molecule has 0 unspecified atom stereocenters. The summed E-state index contributed by atoms with van der Waals surface area (Å²) in [4.78, 5) is 17.8. The van der Waals surface area contributed by atoms with Crippen molar-refractivity contribution in [2.24, 2.45) is 0 Å². The second kappa shape index (κ2) is 7.31. The number of ether oxygens (including phenoxy) is 2. The summed E-state index contributed by atoms with van der Waals surface area (Å²) < 4.78 is 24.2. The second-order valence-electron chi connectivity index (χ2n) is 6.72. The zero-order valence-electron chi connectivity index (χ0n) is 15.5. The molecule has 148 valence electrons. The maximum absolute atomic E-state index is 13.4. The van der Waals surface area contributed by atoms with Crippen LogP contribution in [-0.4, -0.2) is 17.7 Å². The van der Waals surface area contributed by atoms with Crippen molar-refractivity contribution >= 4 is 34.1 Å². The number of hydrogen-bond donors (Lipinski definition) is 1. The van der Waals surface area contributed by atoms with Crippen LogP contribution in [0.5, 0.6) is 11.5 Å². The van der Waals surface area contributed by atoms with Gasteiger partial charge in [0.05, 0.1) is 21.8 Å². The lowest BCUT2D eigenvalue weighted by atomic mass is 10.0. The largest absolute Gasteiger partial charge is 0.454 e. The number of pyridine rings is 1. The summed E-state index contributed by atoms with van der Waals surface area (Å²) in [6, 6.07) is 18.7. The highest BCUT2D eigenvalue weighted by Gasteiger charge is 2.18. The van der Waals surface area contributed by atoms with E-state index in [9.17, 15) is 9.18 Å². The first-order valence-corrected chi connectivity index (χ1v) is 9.52. The molecular formula is C23H14ClFN2O3. The number of nitrogens with zero attached hydrogens (tertiary/aromatic N) is 1. The van der Waals surface area contributed by atoms with Crippen LogP contribution in [0, 0.1) is 5.82 Å². The van der Waals surface area contributed by atoms with E-state index in [4.69, 9.17) is 26.1 Å². The van der Waals surface area contributed by atoms with Gasteiger partial charge < -0.3 is 14.8 Å². The lowest BCUT2D eigenvalue weighted by Gasteiger charge is -2.11. The average molecular weight is 421 g/mol. The molecule has 0 radical (unpaired) electrons. The van der Waals surface area contributed by atoms with Gasteiger partial charge in [0.2, 0.25) is 6.79 Å². The molecule has 0 aliphatic carbocycles. The van der Waals surface area contributed by atoms with E-state index in [1.807, 2.05) is 42.5 Å². The maximum Gasteiger partial charge on any atom is 0.256 e. The number of hydrogen-bond acceptors (Lipinski definition) is 4. The number of amides is 1. The molecule has 0 bridgehead atoms. The first-order valence-electron chi connectivity index (χ1n) is 9.15. The van der Waals surface area contributed by atoms with Crippen LogP contribution in [0.3, 0.4) is 0 Å². The number of carbonyl (C=O) groups excluding carboxylic acids is 1. The van der Waals surface area contributed by atoms with E-state index in [0.717, 1.165) is 5.56 Å². The topological polar surface area (TPSA) is 60.5 Å². The molecule has 5 nitrogen and oxygen atoms in total. The van der Waals surface area contributed by atoms with Crippen molar-refractivity contribution in [2.75, 3.05) is 12.1 Å². The van der Waals surface area contributed by atoms with E-state index in [-0.39, 0.29) is 17.7 Å². The van der Waals surface area contributed by atoms with Crippen LogP contribution < -0.4 is 14.8 Å². The molecule has 0 atom stereocenters. The molecular weight excluding hydrogens is 407 g/mol. The lowest BCUT2D eigenvalue weighted by molar-refractivity contribution is 0.102.